The van der Waals surface area contributed by atoms with Crippen LogP contribution in [0.2, 0.25) is 0 Å². The molecule has 0 fully saturated rings. The Labute approximate surface area is 141 Å². The number of hydrogen-bond donors (Lipinski definition) is 0. The summed E-state index contributed by atoms with van der Waals surface area (Å²) in [6, 6.07) is 15.2. The molecule has 2 aromatic rings. The zero-order valence-corrected chi connectivity index (χ0v) is 14.0. The van der Waals surface area contributed by atoms with Gasteiger partial charge in [-0.05, 0) is 43.0 Å². The summed E-state index contributed by atoms with van der Waals surface area (Å²) >= 11 is 0. The first-order chi connectivity index (χ1) is 11.5. The summed E-state index contributed by atoms with van der Waals surface area (Å²) in [5.74, 6) is 0.0527. The standard InChI is InChI=1S/C20H20N2O2/c1-20(2)12-16-9-8-14(13-21-24)10-17(16)18(22-20)11-19(23)15-6-4-3-5-7-15/h3-10H,11-13H2,1-2H3. The molecule has 0 amide bonds. The lowest BCUT2D eigenvalue weighted by molar-refractivity contribution is 0.100. The molecule has 122 valence electrons. The quantitative estimate of drug-likeness (QED) is 0.607. The van der Waals surface area contributed by atoms with E-state index in [1.165, 1.54) is 5.56 Å². The van der Waals surface area contributed by atoms with Gasteiger partial charge in [0.2, 0.25) is 0 Å². The van der Waals surface area contributed by atoms with E-state index >= 15 is 0 Å². The molecular formula is C20H20N2O2. The molecule has 0 unspecified atom stereocenters. The Morgan fingerprint density at radius 3 is 2.62 bits per heavy atom. The van der Waals surface area contributed by atoms with Crippen molar-refractivity contribution in [2.75, 3.05) is 0 Å². The second kappa shape index (κ2) is 6.48. The summed E-state index contributed by atoms with van der Waals surface area (Å²) in [5.41, 5.74) is 4.24. The van der Waals surface area contributed by atoms with Crippen molar-refractivity contribution >= 4 is 11.5 Å². The van der Waals surface area contributed by atoms with Crippen LogP contribution in [0.25, 0.3) is 0 Å². The number of benzene rings is 2. The molecule has 4 nitrogen and oxygen atoms in total. The molecule has 1 heterocycles. The zero-order chi connectivity index (χ0) is 17.2. The normalized spacial score (nSPS) is 15.3. The lowest BCUT2D eigenvalue weighted by atomic mass is 9.84. The fraction of sp³-hybridized carbons (Fsp3) is 0.300. The highest BCUT2D eigenvalue weighted by atomic mass is 16.3. The van der Waals surface area contributed by atoms with Gasteiger partial charge in [0, 0.05) is 5.56 Å². The molecule has 0 aromatic heterocycles. The van der Waals surface area contributed by atoms with Gasteiger partial charge in [-0.25, -0.2) is 0 Å². The largest absolute Gasteiger partial charge is 0.294 e. The Morgan fingerprint density at radius 1 is 1.17 bits per heavy atom. The number of carbonyl (C=O) groups excluding carboxylic acids is 1. The first-order valence-electron chi connectivity index (χ1n) is 8.07. The third-order valence-corrected chi connectivity index (χ3v) is 4.22. The number of ketones is 1. The summed E-state index contributed by atoms with van der Waals surface area (Å²) in [5, 5.41) is 2.96. The molecule has 0 N–H and O–H groups in total. The summed E-state index contributed by atoms with van der Waals surface area (Å²) in [4.78, 5) is 28.0. The molecule has 0 saturated heterocycles. The van der Waals surface area contributed by atoms with Crippen molar-refractivity contribution < 1.29 is 4.79 Å². The Bertz CT molecular complexity index is 808. The van der Waals surface area contributed by atoms with Crippen LogP contribution in [0.4, 0.5) is 0 Å². The van der Waals surface area contributed by atoms with Gasteiger partial charge in [0.25, 0.3) is 0 Å². The van der Waals surface area contributed by atoms with Crippen LogP contribution in [0, 0.1) is 4.91 Å². The molecule has 0 bridgehead atoms. The minimum atomic E-state index is -0.232. The van der Waals surface area contributed by atoms with Crippen LogP contribution in [-0.4, -0.2) is 17.0 Å². The minimum absolute atomic E-state index is 0.0527. The van der Waals surface area contributed by atoms with Crippen LogP contribution >= 0.6 is 0 Å². The second-order valence-electron chi connectivity index (χ2n) is 6.79. The molecule has 24 heavy (non-hydrogen) atoms. The molecule has 0 aliphatic carbocycles. The fourth-order valence-corrected chi connectivity index (χ4v) is 3.16. The Kier molecular flexibility index (Phi) is 4.38. The van der Waals surface area contributed by atoms with E-state index in [1.807, 2.05) is 48.5 Å². The smallest absolute Gasteiger partial charge is 0.168 e. The van der Waals surface area contributed by atoms with Gasteiger partial charge in [-0.15, -0.1) is 0 Å². The van der Waals surface area contributed by atoms with Crippen molar-refractivity contribution in [3.63, 3.8) is 0 Å². The van der Waals surface area contributed by atoms with Crippen molar-refractivity contribution in [1.82, 2.24) is 0 Å². The predicted molar refractivity (Wildman–Crippen MR) is 95.7 cm³/mol. The average Bonchev–Trinajstić information content (AvgIpc) is 2.55. The van der Waals surface area contributed by atoms with E-state index in [-0.39, 0.29) is 24.3 Å². The molecule has 1 aliphatic rings. The Balaban J connectivity index is 1.96. The predicted octanol–water partition coefficient (Wildman–Crippen LogP) is 4.35. The molecule has 0 saturated carbocycles. The lowest BCUT2D eigenvalue weighted by Gasteiger charge is -2.29. The van der Waals surface area contributed by atoms with E-state index in [9.17, 15) is 9.70 Å². The number of nitroso groups, excluding NO2 is 1. The van der Waals surface area contributed by atoms with Crippen LogP contribution in [0.1, 0.15) is 47.3 Å². The number of rotatable bonds is 5. The fourth-order valence-electron chi connectivity index (χ4n) is 3.16. The van der Waals surface area contributed by atoms with Gasteiger partial charge in [-0.3, -0.25) is 9.79 Å². The number of nitrogens with zero attached hydrogens (tertiary/aromatic N) is 2. The van der Waals surface area contributed by atoms with E-state index in [4.69, 9.17) is 4.99 Å². The maximum absolute atomic E-state index is 12.6. The molecule has 0 spiro atoms. The second-order valence-corrected chi connectivity index (χ2v) is 6.79. The first-order valence-corrected chi connectivity index (χ1v) is 8.07. The molecule has 1 aliphatic heterocycles. The van der Waals surface area contributed by atoms with Crippen LogP contribution in [-0.2, 0) is 13.0 Å². The molecule has 4 heteroatoms. The van der Waals surface area contributed by atoms with Gasteiger partial charge in [0.1, 0.15) is 6.54 Å². The van der Waals surface area contributed by atoms with Crippen LogP contribution < -0.4 is 0 Å². The monoisotopic (exact) mass is 320 g/mol. The SMILES string of the molecule is CC1(C)Cc2ccc(CN=O)cc2C(CC(=O)c2ccccc2)=N1. The molecule has 0 radical (unpaired) electrons. The van der Waals surface area contributed by atoms with Crippen LogP contribution in [0.3, 0.4) is 0 Å². The van der Waals surface area contributed by atoms with E-state index in [0.717, 1.165) is 23.3 Å². The third-order valence-electron chi connectivity index (χ3n) is 4.22. The summed E-state index contributed by atoms with van der Waals surface area (Å²) in [7, 11) is 0. The van der Waals surface area contributed by atoms with E-state index in [0.29, 0.717) is 5.56 Å². The first kappa shape index (κ1) is 16.2. The number of fused-ring (bicyclic) bond motifs is 1. The lowest BCUT2D eigenvalue weighted by Crippen LogP contribution is -2.30. The van der Waals surface area contributed by atoms with Crippen molar-refractivity contribution in [2.24, 2.45) is 10.2 Å². The molecular weight excluding hydrogens is 300 g/mol. The van der Waals surface area contributed by atoms with E-state index < -0.39 is 0 Å². The van der Waals surface area contributed by atoms with Crippen LogP contribution in [0.5, 0.6) is 0 Å². The Morgan fingerprint density at radius 2 is 1.92 bits per heavy atom. The van der Waals surface area contributed by atoms with E-state index in [1.54, 1.807) is 0 Å². The highest BCUT2D eigenvalue weighted by molar-refractivity contribution is 6.16. The van der Waals surface area contributed by atoms with Gasteiger partial charge in [0.05, 0.1) is 17.7 Å². The van der Waals surface area contributed by atoms with Crippen LogP contribution in [0.15, 0.2) is 58.7 Å². The molecule has 3 rings (SSSR count). The zero-order valence-electron chi connectivity index (χ0n) is 14.0. The van der Waals surface area contributed by atoms with Gasteiger partial charge < -0.3 is 0 Å². The topological polar surface area (TPSA) is 58.9 Å². The van der Waals surface area contributed by atoms with Gasteiger partial charge in [0.15, 0.2) is 5.78 Å². The molecule has 2 aromatic carbocycles. The van der Waals surface area contributed by atoms with Crippen molar-refractivity contribution in [2.45, 2.75) is 38.8 Å². The van der Waals surface area contributed by atoms with E-state index in [2.05, 4.69) is 19.0 Å². The minimum Gasteiger partial charge on any atom is -0.294 e. The average molecular weight is 320 g/mol. The summed E-state index contributed by atoms with van der Waals surface area (Å²) in [6.45, 7) is 4.28. The van der Waals surface area contributed by atoms with Crippen molar-refractivity contribution in [1.29, 1.82) is 0 Å². The summed E-state index contributed by atoms with van der Waals surface area (Å²) in [6.07, 6.45) is 1.08. The number of Topliss-reactive ketones (excluding diaryl/α,β-unsaturated/α-hetero) is 1. The highest BCUT2D eigenvalue weighted by Crippen LogP contribution is 2.29. The van der Waals surface area contributed by atoms with Gasteiger partial charge in [-0.1, -0.05) is 47.6 Å². The maximum Gasteiger partial charge on any atom is 0.168 e. The van der Waals surface area contributed by atoms with Gasteiger partial charge >= 0.3 is 0 Å². The maximum atomic E-state index is 12.6. The molecule has 0 atom stereocenters. The Hall–Kier alpha value is -2.62. The van der Waals surface area contributed by atoms with Gasteiger partial charge in [-0.2, -0.15) is 4.91 Å². The van der Waals surface area contributed by atoms with Crippen molar-refractivity contribution in [3.05, 3.63) is 75.7 Å². The highest BCUT2D eigenvalue weighted by Gasteiger charge is 2.28. The third kappa shape index (κ3) is 3.48. The van der Waals surface area contributed by atoms with Crippen molar-refractivity contribution in [3.8, 4) is 0 Å². The number of aliphatic imine (C=N–C) groups is 1. The summed E-state index contributed by atoms with van der Waals surface area (Å²) < 4.78 is 0. The number of carbonyl (C=O) groups is 1. The number of hydrogen-bond acceptors (Lipinski definition) is 4.